The van der Waals surface area contributed by atoms with Gasteiger partial charge in [0.1, 0.15) is 5.69 Å². The number of nitrogens with one attached hydrogen (secondary N) is 2. The summed E-state index contributed by atoms with van der Waals surface area (Å²) >= 11 is 0. The number of H-pyrrole nitrogens is 2. The number of alkyl halides is 3. The molecule has 4 rings (SSSR count). The van der Waals surface area contributed by atoms with E-state index in [1.54, 1.807) is 18.3 Å². The average Bonchev–Trinajstić information content (AvgIpc) is 3.28. The van der Waals surface area contributed by atoms with Gasteiger partial charge in [0.05, 0.1) is 34.9 Å². The number of fused-ring (bicyclic) bond motifs is 1. The molecule has 26 heavy (non-hydrogen) atoms. The van der Waals surface area contributed by atoms with Crippen molar-refractivity contribution in [1.29, 1.82) is 0 Å². The van der Waals surface area contributed by atoms with Gasteiger partial charge in [0, 0.05) is 5.39 Å². The number of benzene rings is 1. The fourth-order valence-electron chi connectivity index (χ4n) is 3.17. The van der Waals surface area contributed by atoms with E-state index in [1.165, 1.54) is 6.20 Å². The first-order chi connectivity index (χ1) is 12.5. The second-order valence-corrected chi connectivity index (χ2v) is 6.23. The normalized spacial score (nSPS) is 16.1. The van der Waals surface area contributed by atoms with Crippen LogP contribution in [0.5, 0.6) is 0 Å². The van der Waals surface area contributed by atoms with Crippen LogP contribution in [0, 0.1) is 0 Å². The van der Waals surface area contributed by atoms with Crippen molar-refractivity contribution >= 4 is 22.3 Å². The van der Waals surface area contributed by atoms with E-state index in [1.807, 2.05) is 12.1 Å². The number of hydrogen-bond donors (Lipinski definition) is 2. The zero-order chi connectivity index (χ0) is 18.1. The molecule has 0 spiro atoms. The fourth-order valence-corrected chi connectivity index (χ4v) is 3.17. The Bertz CT molecular complexity index is 994. The average molecular weight is 359 g/mol. The number of hydrogen-bond acceptors (Lipinski definition) is 3. The van der Waals surface area contributed by atoms with Gasteiger partial charge in [-0.25, -0.2) is 4.99 Å². The Morgan fingerprint density at radius 2 is 1.92 bits per heavy atom. The van der Waals surface area contributed by atoms with E-state index in [-0.39, 0.29) is 5.56 Å². The number of halogens is 3. The summed E-state index contributed by atoms with van der Waals surface area (Å²) in [5.74, 6) is 0. The zero-order valence-corrected chi connectivity index (χ0v) is 13.8. The molecular weight excluding hydrogens is 343 g/mol. The van der Waals surface area contributed by atoms with Gasteiger partial charge in [0.2, 0.25) is 0 Å². The third-order valence-corrected chi connectivity index (χ3v) is 4.44. The molecule has 5 nitrogen and oxygen atoms in total. The number of aliphatic imine (C=N–C) groups is 1. The molecule has 0 amide bonds. The van der Waals surface area contributed by atoms with Crippen molar-refractivity contribution in [2.45, 2.75) is 31.9 Å². The summed E-state index contributed by atoms with van der Waals surface area (Å²) in [5, 5.41) is 13.4. The van der Waals surface area contributed by atoms with E-state index in [0.717, 1.165) is 35.7 Å². The minimum Gasteiger partial charge on any atom is -0.278 e. The van der Waals surface area contributed by atoms with Crippen LogP contribution in [0.25, 0.3) is 10.9 Å². The summed E-state index contributed by atoms with van der Waals surface area (Å²) in [4.78, 5) is 4.58. The van der Waals surface area contributed by atoms with Gasteiger partial charge in [-0.2, -0.15) is 23.4 Å². The lowest BCUT2D eigenvalue weighted by atomic mass is 9.92. The molecule has 2 aromatic heterocycles. The lowest BCUT2D eigenvalue weighted by molar-refractivity contribution is -0.141. The van der Waals surface area contributed by atoms with E-state index >= 15 is 0 Å². The maximum Gasteiger partial charge on any atom is 0.433 e. The van der Waals surface area contributed by atoms with Gasteiger partial charge >= 0.3 is 6.18 Å². The summed E-state index contributed by atoms with van der Waals surface area (Å²) in [6.45, 7) is 0. The molecule has 1 aromatic carbocycles. The van der Waals surface area contributed by atoms with Crippen molar-refractivity contribution in [3.63, 3.8) is 0 Å². The summed E-state index contributed by atoms with van der Waals surface area (Å²) in [6, 6.07) is 5.38. The summed E-state index contributed by atoms with van der Waals surface area (Å²) < 4.78 is 40.1. The van der Waals surface area contributed by atoms with E-state index in [4.69, 9.17) is 0 Å². The molecule has 0 radical (unpaired) electrons. The van der Waals surface area contributed by atoms with Crippen LogP contribution in [-0.4, -0.2) is 26.1 Å². The molecule has 0 aliphatic heterocycles. The molecule has 8 heteroatoms. The molecule has 0 saturated heterocycles. The van der Waals surface area contributed by atoms with Gasteiger partial charge in [0.25, 0.3) is 0 Å². The minimum atomic E-state index is -4.52. The lowest BCUT2D eigenvalue weighted by Gasteiger charge is -2.16. The minimum absolute atomic E-state index is 0.0158. The molecule has 0 atom stereocenters. The van der Waals surface area contributed by atoms with Crippen molar-refractivity contribution in [2.24, 2.45) is 4.99 Å². The Balaban J connectivity index is 1.86. The Labute approximate surface area is 147 Å². The van der Waals surface area contributed by atoms with Gasteiger partial charge in [-0.05, 0) is 49.5 Å². The SMILES string of the molecule is FC(F)(F)c1[nH]ncc1C(=Nc1ccc2[nH]ncc2c1)C1=CCCCC1. The molecule has 3 aromatic rings. The van der Waals surface area contributed by atoms with Gasteiger partial charge < -0.3 is 0 Å². The highest BCUT2D eigenvalue weighted by atomic mass is 19.4. The smallest absolute Gasteiger partial charge is 0.278 e. The predicted molar refractivity (Wildman–Crippen MR) is 92.4 cm³/mol. The largest absolute Gasteiger partial charge is 0.433 e. The number of nitrogens with zero attached hydrogens (tertiary/aromatic N) is 3. The van der Waals surface area contributed by atoms with Crippen LogP contribution in [0.2, 0.25) is 0 Å². The van der Waals surface area contributed by atoms with Gasteiger partial charge in [-0.15, -0.1) is 0 Å². The lowest BCUT2D eigenvalue weighted by Crippen LogP contribution is -2.15. The van der Waals surface area contributed by atoms with E-state index < -0.39 is 11.9 Å². The maximum absolute atomic E-state index is 13.4. The Kier molecular flexibility index (Phi) is 4.10. The number of aromatic nitrogens is 4. The van der Waals surface area contributed by atoms with Crippen molar-refractivity contribution in [2.75, 3.05) is 0 Å². The number of rotatable bonds is 3. The molecule has 2 N–H and O–H groups in total. The van der Waals surface area contributed by atoms with Crippen molar-refractivity contribution in [1.82, 2.24) is 20.4 Å². The maximum atomic E-state index is 13.4. The van der Waals surface area contributed by atoms with Crippen LogP contribution in [-0.2, 0) is 6.18 Å². The molecule has 1 aliphatic rings. The van der Waals surface area contributed by atoms with Crippen LogP contribution in [0.3, 0.4) is 0 Å². The standard InChI is InChI=1S/C18H16F3N5/c19-18(20,21)17-14(10-23-26-17)16(11-4-2-1-3-5-11)24-13-6-7-15-12(8-13)9-22-25-15/h4,6-10H,1-3,5H2,(H,22,25)(H,23,26). The Hall–Kier alpha value is -2.90. The van der Waals surface area contributed by atoms with Gasteiger partial charge in [0.15, 0.2) is 0 Å². The van der Waals surface area contributed by atoms with Crippen LogP contribution < -0.4 is 0 Å². The molecule has 2 heterocycles. The predicted octanol–water partition coefficient (Wildman–Crippen LogP) is 4.93. The molecule has 0 saturated carbocycles. The molecule has 1 aliphatic carbocycles. The quantitative estimate of drug-likeness (QED) is 0.651. The third kappa shape index (κ3) is 3.14. The van der Waals surface area contributed by atoms with Crippen molar-refractivity contribution < 1.29 is 13.2 Å². The highest BCUT2D eigenvalue weighted by Crippen LogP contribution is 2.34. The highest BCUT2D eigenvalue weighted by Gasteiger charge is 2.37. The van der Waals surface area contributed by atoms with E-state index in [9.17, 15) is 13.2 Å². The molecular formula is C18H16F3N5. The molecule has 0 fully saturated rings. The second kappa shape index (κ2) is 6.44. The van der Waals surface area contributed by atoms with Crippen LogP contribution in [0.4, 0.5) is 18.9 Å². The highest BCUT2D eigenvalue weighted by molar-refractivity contribution is 6.14. The first-order valence-corrected chi connectivity index (χ1v) is 8.34. The van der Waals surface area contributed by atoms with Gasteiger partial charge in [-0.3, -0.25) is 10.2 Å². The van der Waals surface area contributed by atoms with Crippen LogP contribution >= 0.6 is 0 Å². The van der Waals surface area contributed by atoms with Crippen molar-refractivity contribution in [3.8, 4) is 0 Å². The first-order valence-electron chi connectivity index (χ1n) is 8.34. The Morgan fingerprint density at radius 1 is 1.08 bits per heavy atom. The van der Waals surface area contributed by atoms with Gasteiger partial charge in [-0.1, -0.05) is 6.08 Å². The van der Waals surface area contributed by atoms with E-state index in [0.29, 0.717) is 17.8 Å². The molecule has 0 unspecified atom stereocenters. The van der Waals surface area contributed by atoms with Crippen molar-refractivity contribution in [3.05, 3.63) is 53.5 Å². The van der Waals surface area contributed by atoms with E-state index in [2.05, 4.69) is 25.4 Å². The third-order valence-electron chi connectivity index (χ3n) is 4.44. The summed E-state index contributed by atoms with van der Waals surface area (Å²) in [6.07, 6.45) is 3.84. The monoisotopic (exact) mass is 359 g/mol. The van der Waals surface area contributed by atoms with Crippen LogP contribution in [0.1, 0.15) is 36.9 Å². The molecule has 134 valence electrons. The van der Waals surface area contributed by atoms with Crippen LogP contribution in [0.15, 0.2) is 47.2 Å². The summed E-state index contributed by atoms with van der Waals surface area (Å²) in [7, 11) is 0. The zero-order valence-electron chi connectivity index (χ0n) is 13.8. The summed E-state index contributed by atoms with van der Waals surface area (Å²) in [5.41, 5.74) is 1.70. The Morgan fingerprint density at radius 3 is 2.69 bits per heavy atom. The fraction of sp³-hybridized carbons (Fsp3) is 0.278. The number of aromatic amines is 2. The molecule has 0 bridgehead atoms. The number of allylic oxidation sites excluding steroid dienone is 2. The first kappa shape index (κ1) is 16.6. The second-order valence-electron chi connectivity index (χ2n) is 6.23. The topological polar surface area (TPSA) is 69.7 Å².